The highest BCUT2D eigenvalue weighted by molar-refractivity contribution is 5.87. The molecule has 3 amide bonds. The smallest absolute Gasteiger partial charge is 0.320 e. The summed E-state index contributed by atoms with van der Waals surface area (Å²) in [7, 11) is 0. The van der Waals surface area contributed by atoms with Gasteiger partial charge in [-0.2, -0.15) is 0 Å². The molecule has 2 saturated heterocycles. The number of hydrogen-bond acceptors (Lipinski definition) is 3. The zero-order valence-corrected chi connectivity index (χ0v) is 11.7. The normalized spacial score (nSPS) is 30.4. The first-order valence-electron chi connectivity index (χ1n) is 6.93. The molecule has 20 heavy (non-hydrogen) atoms. The molecule has 0 radical (unpaired) electrons. The van der Waals surface area contributed by atoms with Gasteiger partial charge in [0.25, 0.3) is 0 Å². The lowest BCUT2D eigenvalue weighted by atomic mass is 9.90. The van der Waals surface area contributed by atoms with Crippen LogP contribution < -0.4 is 5.73 Å². The molecular formula is C13H21N3O4. The molecule has 0 aromatic heterocycles. The van der Waals surface area contributed by atoms with Crippen LogP contribution in [0.25, 0.3) is 0 Å². The van der Waals surface area contributed by atoms with Gasteiger partial charge in [0, 0.05) is 19.6 Å². The molecular weight excluding hydrogens is 262 g/mol. The predicted molar refractivity (Wildman–Crippen MR) is 70.9 cm³/mol. The molecule has 3 N–H and O–H groups in total. The third kappa shape index (κ3) is 2.57. The minimum absolute atomic E-state index is 0.184. The minimum Gasteiger partial charge on any atom is -0.481 e. The monoisotopic (exact) mass is 283 g/mol. The van der Waals surface area contributed by atoms with E-state index in [1.54, 1.807) is 6.92 Å². The van der Waals surface area contributed by atoms with E-state index in [0.29, 0.717) is 25.9 Å². The summed E-state index contributed by atoms with van der Waals surface area (Å²) in [5.41, 5.74) is 4.45. The fourth-order valence-corrected chi connectivity index (χ4v) is 2.94. The molecule has 2 aliphatic heterocycles. The Hall–Kier alpha value is -1.79. The van der Waals surface area contributed by atoms with E-state index in [2.05, 4.69) is 0 Å². The number of carboxylic acid groups (broad SMARTS) is 1. The van der Waals surface area contributed by atoms with Gasteiger partial charge < -0.3 is 20.6 Å². The molecule has 0 bridgehead atoms. The molecule has 112 valence electrons. The Kier molecular flexibility index (Phi) is 3.87. The summed E-state index contributed by atoms with van der Waals surface area (Å²) in [4.78, 5) is 38.1. The summed E-state index contributed by atoms with van der Waals surface area (Å²) in [5.74, 6) is -1.38. The van der Waals surface area contributed by atoms with Gasteiger partial charge in [-0.3, -0.25) is 9.59 Å². The van der Waals surface area contributed by atoms with Crippen LogP contribution in [0.2, 0.25) is 0 Å². The molecule has 0 saturated carbocycles. The highest BCUT2D eigenvalue weighted by atomic mass is 16.4. The van der Waals surface area contributed by atoms with Gasteiger partial charge in [-0.1, -0.05) is 0 Å². The van der Waals surface area contributed by atoms with Crippen LogP contribution in [0, 0.1) is 5.41 Å². The van der Waals surface area contributed by atoms with E-state index >= 15 is 0 Å². The topological polar surface area (TPSA) is 104 Å². The number of aliphatic carboxylic acids is 1. The van der Waals surface area contributed by atoms with Crippen LogP contribution >= 0.6 is 0 Å². The molecule has 0 aromatic rings. The number of likely N-dealkylation sites (tertiary alicyclic amines) is 2. The summed E-state index contributed by atoms with van der Waals surface area (Å²) < 4.78 is 0. The van der Waals surface area contributed by atoms with Crippen molar-refractivity contribution in [3.05, 3.63) is 0 Å². The van der Waals surface area contributed by atoms with Crippen LogP contribution in [-0.2, 0) is 9.59 Å². The molecule has 2 aliphatic rings. The lowest BCUT2D eigenvalue weighted by molar-refractivity contribution is -0.147. The van der Waals surface area contributed by atoms with E-state index < -0.39 is 23.3 Å². The summed E-state index contributed by atoms with van der Waals surface area (Å²) in [5, 5.41) is 9.20. The number of amides is 3. The number of hydrogen-bond donors (Lipinski definition) is 2. The number of urea groups is 1. The first-order chi connectivity index (χ1) is 9.35. The molecule has 2 fully saturated rings. The van der Waals surface area contributed by atoms with Crippen molar-refractivity contribution in [1.29, 1.82) is 0 Å². The van der Waals surface area contributed by atoms with Crippen molar-refractivity contribution >= 4 is 17.9 Å². The molecule has 2 rings (SSSR count). The van der Waals surface area contributed by atoms with E-state index in [4.69, 9.17) is 5.73 Å². The third-order valence-corrected chi connectivity index (χ3v) is 4.34. The van der Waals surface area contributed by atoms with Gasteiger partial charge in [0.1, 0.15) is 6.04 Å². The quantitative estimate of drug-likeness (QED) is 0.757. The Labute approximate surface area is 117 Å². The lowest BCUT2D eigenvalue weighted by Gasteiger charge is -2.36. The van der Waals surface area contributed by atoms with Crippen molar-refractivity contribution in [1.82, 2.24) is 9.80 Å². The van der Waals surface area contributed by atoms with Crippen molar-refractivity contribution in [3.8, 4) is 0 Å². The number of rotatable bonds is 2. The van der Waals surface area contributed by atoms with Gasteiger partial charge in [0.15, 0.2) is 0 Å². The summed E-state index contributed by atoms with van der Waals surface area (Å²) in [6.07, 6.45) is 2.75. The molecule has 0 aliphatic carbocycles. The largest absolute Gasteiger partial charge is 0.481 e. The van der Waals surface area contributed by atoms with Crippen LogP contribution in [0.15, 0.2) is 0 Å². The molecule has 0 spiro atoms. The van der Waals surface area contributed by atoms with E-state index in [-0.39, 0.29) is 12.6 Å². The Bertz CT molecular complexity index is 439. The maximum atomic E-state index is 12.5. The zero-order chi connectivity index (χ0) is 14.9. The van der Waals surface area contributed by atoms with Crippen molar-refractivity contribution in [2.75, 3.05) is 19.6 Å². The Morgan fingerprint density at radius 3 is 2.50 bits per heavy atom. The summed E-state index contributed by atoms with van der Waals surface area (Å²) in [6.45, 7) is 2.74. The molecule has 0 aromatic carbocycles. The van der Waals surface area contributed by atoms with Crippen LogP contribution in [0.1, 0.15) is 32.6 Å². The maximum Gasteiger partial charge on any atom is 0.320 e. The molecule has 7 nitrogen and oxygen atoms in total. The second kappa shape index (κ2) is 5.30. The van der Waals surface area contributed by atoms with Crippen LogP contribution in [0.4, 0.5) is 4.79 Å². The van der Waals surface area contributed by atoms with Gasteiger partial charge in [-0.25, -0.2) is 4.79 Å². The van der Waals surface area contributed by atoms with Crippen molar-refractivity contribution in [2.45, 2.75) is 38.6 Å². The van der Waals surface area contributed by atoms with E-state index in [9.17, 15) is 19.5 Å². The molecule has 2 atom stereocenters. The fourth-order valence-electron chi connectivity index (χ4n) is 2.94. The number of nitrogens with two attached hydrogens (primary N) is 1. The fraction of sp³-hybridized carbons (Fsp3) is 0.769. The van der Waals surface area contributed by atoms with Gasteiger partial charge in [0.05, 0.1) is 5.41 Å². The predicted octanol–water partition coefficient (Wildman–Crippen LogP) is 0.243. The van der Waals surface area contributed by atoms with Gasteiger partial charge >= 0.3 is 12.0 Å². The van der Waals surface area contributed by atoms with E-state index in [0.717, 1.165) is 12.8 Å². The molecule has 2 unspecified atom stereocenters. The van der Waals surface area contributed by atoms with E-state index in [1.807, 2.05) is 0 Å². The average molecular weight is 283 g/mol. The number of primary amides is 1. The van der Waals surface area contributed by atoms with Crippen LogP contribution in [-0.4, -0.2) is 58.5 Å². The number of carbonyl (C=O) groups is 3. The summed E-state index contributed by atoms with van der Waals surface area (Å²) in [6, 6.07) is -0.827. The Balaban J connectivity index is 2.08. The lowest BCUT2D eigenvalue weighted by Crippen LogP contribution is -2.54. The van der Waals surface area contributed by atoms with Crippen molar-refractivity contribution in [2.24, 2.45) is 11.1 Å². The summed E-state index contributed by atoms with van der Waals surface area (Å²) >= 11 is 0. The number of nitrogens with zero attached hydrogens (tertiary/aromatic N) is 2. The zero-order valence-electron chi connectivity index (χ0n) is 11.7. The molecule has 7 heteroatoms. The van der Waals surface area contributed by atoms with E-state index in [1.165, 1.54) is 9.80 Å². The standard InChI is InChI=1S/C13H21N3O4/c1-13(11(18)19)5-7-15(8-13)12(20)16-6-3-2-4-9(16)10(14)17/h9H,2-8H2,1H3,(H2,14,17)(H,18,19). The maximum absolute atomic E-state index is 12.5. The van der Waals surface area contributed by atoms with Crippen LogP contribution in [0.5, 0.6) is 0 Å². The first-order valence-corrected chi connectivity index (χ1v) is 6.93. The Morgan fingerprint density at radius 1 is 1.25 bits per heavy atom. The number of carbonyl (C=O) groups excluding carboxylic acids is 2. The third-order valence-electron chi connectivity index (χ3n) is 4.34. The highest BCUT2D eigenvalue weighted by Gasteiger charge is 2.44. The highest BCUT2D eigenvalue weighted by Crippen LogP contribution is 2.31. The van der Waals surface area contributed by atoms with Crippen molar-refractivity contribution < 1.29 is 19.5 Å². The number of carboxylic acids is 1. The Morgan fingerprint density at radius 2 is 1.95 bits per heavy atom. The number of piperidine rings is 1. The second-order valence-electron chi connectivity index (χ2n) is 5.93. The first kappa shape index (κ1) is 14.6. The van der Waals surface area contributed by atoms with Gasteiger partial charge in [-0.15, -0.1) is 0 Å². The minimum atomic E-state index is -0.895. The van der Waals surface area contributed by atoms with Gasteiger partial charge in [-0.05, 0) is 32.6 Å². The SMILES string of the molecule is CC1(C(=O)O)CCN(C(=O)N2CCCCC2C(N)=O)C1. The second-order valence-corrected chi connectivity index (χ2v) is 5.93. The molecule has 2 heterocycles. The van der Waals surface area contributed by atoms with Crippen molar-refractivity contribution in [3.63, 3.8) is 0 Å². The average Bonchev–Trinajstić information content (AvgIpc) is 2.82. The van der Waals surface area contributed by atoms with Gasteiger partial charge in [0.2, 0.25) is 5.91 Å². The van der Waals surface area contributed by atoms with Crippen LogP contribution in [0.3, 0.4) is 0 Å².